The van der Waals surface area contributed by atoms with Crippen LogP contribution in [0.1, 0.15) is 20.7 Å². The van der Waals surface area contributed by atoms with E-state index in [2.05, 4.69) is 5.32 Å². The van der Waals surface area contributed by atoms with Gasteiger partial charge in [0.2, 0.25) is 0 Å². The standard InChI is InChI=1S/C14H11ClN2O3/c15-9-4-5-12(11(7-9)14(19)20)17-13(18)8-2-1-3-10(16)6-8/h1-7H,16H2,(H,17,18)(H,19,20). The summed E-state index contributed by atoms with van der Waals surface area (Å²) < 4.78 is 0. The Balaban J connectivity index is 2.30. The van der Waals surface area contributed by atoms with E-state index >= 15 is 0 Å². The lowest BCUT2D eigenvalue weighted by molar-refractivity contribution is 0.0698. The third-order valence-corrected chi connectivity index (χ3v) is 2.84. The summed E-state index contributed by atoms with van der Waals surface area (Å²) in [7, 11) is 0. The minimum atomic E-state index is -1.17. The number of nitrogens with two attached hydrogens (primary N) is 1. The lowest BCUT2D eigenvalue weighted by Crippen LogP contribution is -2.15. The van der Waals surface area contributed by atoms with Gasteiger partial charge in [-0.1, -0.05) is 17.7 Å². The van der Waals surface area contributed by atoms with E-state index in [1.54, 1.807) is 18.2 Å². The van der Waals surface area contributed by atoms with Crippen LogP contribution in [-0.2, 0) is 0 Å². The molecule has 0 fully saturated rings. The molecule has 0 aliphatic carbocycles. The van der Waals surface area contributed by atoms with Crippen LogP contribution in [0.25, 0.3) is 0 Å². The van der Waals surface area contributed by atoms with Crippen molar-refractivity contribution in [3.05, 3.63) is 58.6 Å². The summed E-state index contributed by atoms with van der Waals surface area (Å²) in [5.74, 6) is -1.61. The van der Waals surface area contributed by atoms with Gasteiger partial charge in [-0.05, 0) is 36.4 Å². The number of carbonyl (C=O) groups excluding carboxylic acids is 1. The van der Waals surface area contributed by atoms with Crippen LogP contribution in [0.4, 0.5) is 11.4 Å². The lowest BCUT2D eigenvalue weighted by Gasteiger charge is -2.09. The fourth-order valence-electron chi connectivity index (χ4n) is 1.68. The topological polar surface area (TPSA) is 92.4 Å². The summed E-state index contributed by atoms with van der Waals surface area (Å²) in [4.78, 5) is 23.1. The Labute approximate surface area is 120 Å². The number of carboxylic acid groups (broad SMARTS) is 1. The Morgan fingerprint density at radius 3 is 2.55 bits per heavy atom. The van der Waals surface area contributed by atoms with Crippen molar-refractivity contribution in [2.75, 3.05) is 11.1 Å². The molecule has 0 unspecified atom stereocenters. The number of rotatable bonds is 3. The first-order valence-electron chi connectivity index (χ1n) is 5.67. The van der Waals surface area contributed by atoms with Gasteiger partial charge in [0, 0.05) is 16.3 Å². The second-order valence-corrected chi connectivity index (χ2v) is 4.51. The zero-order valence-corrected chi connectivity index (χ0v) is 11.0. The zero-order chi connectivity index (χ0) is 14.7. The van der Waals surface area contributed by atoms with Crippen LogP contribution in [0.2, 0.25) is 5.02 Å². The van der Waals surface area contributed by atoms with Gasteiger partial charge >= 0.3 is 5.97 Å². The van der Waals surface area contributed by atoms with Gasteiger partial charge in [-0.15, -0.1) is 0 Å². The number of nitrogens with one attached hydrogen (secondary N) is 1. The molecule has 2 aromatic rings. The molecule has 102 valence electrons. The van der Waals surface area contributed by atoms with Gasteiger partial charge in [0.05, 0.1) is 11.3 Å². The number of halogens is 1. The number of carbonyl (C=O) groups is 2. The van der Waals surface area contributed by atoms with Gasteiger partial charge in [-0.25, -0.2) is 4.79 Å². The summed E-state index contributed by atoms with van der Waals surface area (Å²) in [6.07, 6.45) is 0. The van der Waals surface area contributed by atoms with Gasteiger partial charge in [0.25, 0.3) is 5.91 Å². The maximum atomic E-state index is 12.0. The number of amides is 1. The molecule has 0 radical (unpaired) electrons. The van der Waals surface area contributed by atoms with Crippen LogP contribution in [0.5, 0.6) is 0 Å². The second-order valence-electron chi connectivity index (χ2n) is 4.07. The summed E-state index contributed by atoms with van der Waals surface area (Å²) >= 11 is 5.74. The summed E-state index contributed by atoms with van der Waals surface area (Å²) in [6, 6.07) is 10.6. The molecule has 0 saturated heterocycles. The molecule has 20 heavy (non-hydrogen) atoms. The van der Waals surface area contributed by atoms with Crippen LogP contribution < -0.4 is 11.1 Å². The molecule has 1 amide bonds. The maximum Gasteiger partial charge on any atom is 0.337 e. The first kappa shape index (κ1) is 13.9. The van der Waals surface area contributed by atoms with Gasteiger partial charge < -0.3 is 16.2 Å². The third-order valence-electron chi connectivity index (χ3n) is 2.61. The quantitative estimate of drug-likeness (QED) is 0.758. The van der Waals surface area contributed by atoms with Crippen LogP contribution in [0, 0.1) is 0 Å². The molecule has 0 heterocycles. The molecule has 2 rings (SSSR count). The van der Waals surface area contributed by atoms with E-state index in [-0.39, 0.29) is 16.3 Å². The van der Waals surface area contributed by atoms with Crippen molar-refractivity contribution in [2.24, 2.45) is 0 Å². The normalized spacial score (nSPS) is 10.1. The number of nitrogen functional groups attached to an aromatic ring is 1. The minimum absolute atomic E-state index is 0.0743. The third kappa shape index (κ3) is 3.07. The molecular formula is C14H11ClN2O3. The van der Waals surface area contributed by atoms with Gasteiger partial charge in [-0.2, -0.15) is 0 Å². The molecule has 5 nitrogen and oxygen atoms in total. The lowest BCUT2D eigenvalue weighted by atomic mass is 10.1. The van der Waals surface area contributed by atoms with Crippen LogP contribution in [0.3, 0.4) is 0 Å². The Morgan fingerprint density at radius 1 is 1.15 bits per heavy atom. The summed E-state index contributed by atoms with van der Waals surface area (Å²) in [5.41, 5.74) is 6.49. The van der Waals surface area contributed by atoms with Crippen molar-refractivity contribution in [2.45, 2.75) is 0 Å². The predicted octanol–water partition coefficient (Wildman–Crippen LogP) is 2.87. The van der Waals surface area contributed by atoms with Gasteiger partial charge in [0.1, 0.15) is 0 Å². The highest BCUT2D eigenvalue weighted by molar-refractivity contribution is 6.31. The van der Waals surface area contributed by atoms with Gasteiger partial charge in [0.15, 0.2) is 0 Å². The Kier molecular flexibility index (Phi) is 3.91. The predicted molar refractivity (Wildman–Crippen MR) is 77.2 cm³/mol. The largest absolute Gasteiger partial charge is 0.478 e. The Bertz CT molecular complexity index is 686. The summed E-state index contributed by atoms with van der Waals surface area (Å²) in [6.45, 7) is 0. The van der Waals surface area contributed by atoms with Crippen molar-refractivity contribution >= 4 is 34.9 Å². The average molecular weight is 291 g/mol. The monoisotopic (exact) mass is 290 g/mol. The molecule has 0 aliphatic heterocycles. The van der Waals surface area contributed by atoms with Crippen LogP contribution in [-0.4, -0.2) is 17.0 Å². The highest BCUT2D eigenvalue weighted by atomic mass is 35.5. The molecule has 0 atom stereocenters. The van der Waals surface area contributed by atoms with E-state index < -0.39 is 11.9 Å². The first-order chi connectivity index (χ1) is 9.47. The molecule has 0 aliphatic rings. The number of aromatic carboxylic acids is 1. The average Bonchev–Trinajstić information content (AvgIpc) is 2.40. The Hall–Kier alpha value is -2.53. The smallest absolute Gasteiger partial charge is 0.337 e. The van der Waals surface area contributed by atoms with E-state index in [0.717, 1.165) is 0 Å². The first-order valence-corrected chi connectivity index (χ1v) is 6.05. The van der Waals surface area contributed by atoms with E-state index in [1.807, 2.05) is 0 Å². The fraction of sp³-hybridized carbons (Fsp3) is 0. The number of hydrogen-bond acceptors (Lipinski definition) is 3. The SMILES string of the molecule is Nc1cccc(C(=O)Nc2ccc(Cl)cc2C(=O)O)c1. The summed E-state index contributed by atoms with van der Waals surface area (Å²) in [5, 5.41) is 11.9. The molecule has 0 spiro atoms. The van der Waals surface area contributed by atoms with Crippen LogP contribution >= 0.6 is 11.6 Å². The molecule has 6 heteroatoms. The number of hydrogen-bond donors (Lipinski definition) is 3. The molecule has 4 N–H and O–H groups in total. The fourth-order valence-corrected chi connectivity index (χ4v) is 1.85. The van der Waals surface area contributed by atoms with Crippen molar-refractivity contribution in [1.82, 2.24) is 0 Å². The van der Waals surface area contributed by atoms with Crippen molar-refractivity contribution in [1.29, 1.82) is 0 Å². The highest BCUT2D eigenvalue weighted by Crippen LogP contribution is 2.21. The molecule has 0 bridgehead atoms. The molecule has 0 saturated carbocycles. The van der Waals surface area contributed by atoms with E-state index in [0.29, 0.717) is 11.3 Å². The van der Waals surface area contributed by atoms with E-state index in [4.69, 9.17) is 22.4 Å². The number of carboxylic acids is 1. The van der Waals surface area contributed by atoms with Crippen molar-refractivity contribution in [3.8, 4) is 0 Å². The van der Waals surface area contributed by atoms with Crippen molar-refractivity contribution < 1.29 is 14.7 Å². The molecule has 0 aromatic heterocycles. The second kappa shape index (κ2) is 5.63. The molecular weight excluding hydrogens is 280 g/mol. The Morgan fingerprint density at radius 2 is 1.90 bits per heavy atom. The highest BCUT2D eigenvalue weighted by Gasteiger charge is 2.14. The van der Waals surface area contributed by atoms with E-state index in [1.165, 1.54) is 24.3 Å². The van der Waals surface area contributed by atoms with Crippen LogP contribution in [0.15, 0.2) is 42.5 Å². The number of anilines is 2. The maximum absolute atomic E-state index is 12.0. The molecule has 2 aromatic carbocycles. The minimum Gasteiger partial charge on any atom is -0.478 e. The number of benzene rings is 2. The van der Waals surface area contributed by atoms with Gasteiger partial charge in [-0.3, -0.25) is 4.79 Å². The zero-order valence-electron chi connectivity index (χ0n) is 10.3. The van der Waals surface area contributed by atoms with Crippen molar-refractivity contribution in [3.63, 3.8) is 0 Å². The van der Waals surface area contributed by atoms with E-state index in [9.17, 15) is 9.59 Å².